The summed E-state index contributed by atoms with van der Waals surface area (Å²) in [6.45, 7) is 2.51. The summed E-state index contributed by atoms with van der Waals surface area (Å²) < 4.78 is 7.40. The lowest BCUT2D eigenvalue weighted by Gasteiger charge is -2.11. The fourth-order valence-electron chi connectivity index (χ4n) is 3.16. The van der Waals surface area contributed by atoms with Crippen molar-refractivity contribution in [1.29, 1.82) is 0 Å². The van der Waals surface area contributed by atoms with Crippen molar-refractivity contribution >= 4 is 29.3 Å². The minimum atomic E-state index is -0.522. The fourth-order valence-corrected chi connectivity index (χ4v) is 3.91. The molecule has 2 amide bonds. The normalized spacial score (nSPS) is 10.6. The molecule has 0 saturated heterocycles. The molecule has 0 atom stereocenters. The number of hydrogen-bond donors (Lipinski definition) is 2. The number of carbonyl (C=O) groups is 2. The van der Waals surface area contributed by atoms with Gasteiger partial charge >= 0.3 is 0 Å². The second kappa shape index (κ2) is 10.6. The van der Waals surface area contributed by atoms with Gasteiger partial charge in [-0.3, -0.25) is 19.1 Å². The molecule has 172 valence electrons. The number of anilines is 1. The molecule has 0 unspecified atom stereocenters. The van der Waals surface area contributed by atoms with Crippen LogP contribution in [0.1, 0.15) is 17.3 Å². The quantitative estimate of drug-likeness (QED) is 0.355. The molecule has 0 radical (unpaired) electrons. The lowest BCUT2D eigenvalue weighted by molar-refractivity contribution is -0.113. The van der Waals surface area contributed by atoms with E-state index in [1.807, 2.05) is 54.0 Å². The summed E-state index contributed by atoms with van der Waals surface area (Å²) in [5.74, 6) is 0.683. The summed E-state index contributed by atoms with van der Waals surface area (Å²) in [5.41, 5.74) is 7.67. The number of nitrogens with one attached hydrogen (secondary N) is 1. The first kappa shape index (κ1) is 23.0. The molecule has 0 aliphatic carbocycles. The van der Waals surface area contributed by atoms with Gasteiger partial charge in [0.25, 0.3) is 0 Å². The third-order valence-electron chi connectivity index (χ3n) is 4.72. The van der Waals surface area contributed by atoms with E-state index in [1.165, 1.54) is 11.8 Å². The number of primary amides is 1. The van der Waals surface area contributed by atoms with Crippen molar-refractivity contribution in [2.24, 2.45) is 5.73 Å². The van der Waals surface area contributed by atoms with Gasteiger partial charge in [0.05, 0.1) is 18.0 Å². The van der Waals surface area contributed by atoms with Crippen LogP contribution >= 0.6 is 11.8 Å². The first-order valence-corrected chi connectivity index (χ1v) is 11.5. The first-order valence-electron chi connectivity index (χ1n) is 10.5. The highest BCUT2D eigenvalue weighted by Crippen LogP contribution is 2.28. The number of nitrogens with zero attached hydrogens (tertiary/aromatic N) is 4. The Bertz CT molecular complexity index is 1270. The van der Waals surface area contributed by atoms with Gasteiger partial charge in [-0.1, -0.05) is 17.8 Å². The van der Waals surface area contributed by atoms with Gasteiger partial charge in [0.15, 0.2) is 11.0 Å². The molecule has 0 spiro atoms. The average molecular weight is 475 g/mol. The standard InChI is InChI=1S/C24H22N6O3S/c1-2-33-19-12-10-18(11-13-19)30-23(20-5-3-4-14-26-20)28-29-24(30)34-15-21(31)27-17-8-6-16(7-9-17)22(25)32/h3-14H,2,15H2,1H3,(H2,25,32)(H,27,31). The minimum Gasteiger partial charge on any atom is -0.494 e. The van der Waals surface area contributed by atoms with Crippen LogP contribution in [0.15, 0.2) is 78.1 Å². The molecular formula is C24H22N6O3S. The Balaban J connectivity index is 1.54. The number of amides is 2. The first-order chi connectivity index (χ1) is 16.5. The van der Waals surface area contributed by atoms with E-state index in [2.05, 4.69) is 20.5 Å². The third-order valence-corrected chi connectivity index (χ3v) is 5.65. The van der Waals surface area contributed by atoms with Crippen LogP contribution in [0.3, 0.4) is 0 Å². The second-order valence-corrected chi connectivity index (χ2v) is 8.00. The van der Waals surface area contributed by atoms with Gasteiger partial charge in [-0.05, 0) is 67.6 Å². The topological polar surface area (TPSA) is 125 Å². The number of rotatable bonds is 9. The van der Waals surface area contributed by atoms with Crippen molar-refractivity contribution in [3.05, 3.63) is 78.5 Å². The molecule has 2 aromatic heterocycles. The maximum Gasteiger partial charge on any atom is 0.248 e. The number of hydrogen-bond acceptors (Lipinski definition) is 7. The molecule has 2 aromatic carbocycles. The van der Waals surface area contributed by atoms with E-state index in [0.29, 0.717) is 34.5 Å². The molecule has 3 N–H and O–H groups in total. The second-order valence-electron chi connectivity index (χ2n) is 7.06. The van der Waals surface area contributed by atoms with Crippen LogP contribution in [-0.4, -0.2) is 43.9 Å². The SMILES string of the molecule is CCOc1ccc(-n2c(SCC(=O)Nc3ccc(C(N)=O)cc3)nnc2-c2ccccn2)cc1. The molecule has 0 fully saturated rings. The average Bonchev–Trinajstić information content (AvgIpc) is 3.28. The van der Waals surface area contributed by atoms with E-state index in [1.54, 1.807) is 30.5 Å². The van der Waals surface area contributed by atoms with Gasteiger partial charge in [0.2, 0.25) is 11.8 Å². The van der Waals surface area contributed by atoms with Crippen LogP contribution in [0, 0.1) is 0 Å². The fraction of sp³-hybridized carbons (Fsp3) is 0.125. The number of aromatic nitrogens is 4. The zero-order valence-electron chi connectivity index (χ0n) is 18.3. The number of nitrogens with two attached hydrogens (primary N) is 1. The van der Waals surface area contributed by atoms with Crippen molar-refractivity contribution in [1.82, 2.24) is 19.7 Å². The Hall–Kier alpha value is -4.18. The van der Waals surface area contributed by atoms with Crippen LogP contribution < -0.4 is 15.8 Å². The summed E-state index contributed by atoms with van der Waals surface area (Å²) in [4.78, 5) is 28.1. The van der Waals surface area contributed by atoms with Gasteiger partial charge in [-0.15, -0.1) is 10.2 Å². The van der Waals surface area contributed by atoms with Crippen molar-refractivity contribution in [2.45, 2.75) is 12.1 Å². The van der Waals surface area contributed by atoms with E-state index in [9.17, 15) is 9.59 Å². The molecule has 4 aromatic rings. The predicted octanol–water partition coefficient (Wildman–Crippen LogP) is 3.56. The van der Waals surface area contributed by atoms with E-state index in [4.69, 9.17) is 10.5 Å². The Kier molecular flexibility index (Phi) is 7.19. The van der Waals surface area contributed by atoms with E-state index >= 15 is 0 Å². The summed E-state index contributed by atoms with van der Waals surface area (Å²) in [7, 11) is 0. The van der Waals surface area contributed by atoms with Gasteiger partial charge in [0, 0.05) is 17.4 Å². The predicted molar refractivity (Wildman–Crippen MR) is 130 cm³/mol. The molecule has 0 saturated carbocycles. The highest BCUT2D eigenvalue weighted by atomic mass is 32.2. The molecule has 10 heteroatoms. The van der Waals surface area contributed by atoms with Crippen LogP contribution in [0.5, 0.6) is 5.75 Å². The van der Waals surface area contributed by atoms with Gasteiger partial charge in [-0.25, -0.2) is 0 Å². The van der Waals surface area contributed by atoms with E-state index in [-0.39, 0.29) is 11.7 Å². The molecule has 0 aliphatic heterocycles. The van der Waals surface area contributed by atoms with Crippen LogP contribution in [0.25, 0.3) is 17.2 Å². The molecule has 0 bridgehead atoms. The Labute approximate surface area is 200 Å². The molecule has 0 aliphatic rings. The Morgan fingerprint density at radius 1 is 1.03 bits per heavy atom. The summed E-state index contributed by atoms with van der Waals surface area (Å²) in [5, 5.41) is 12.0. The lowest BCUT2D eigenvalue weighted by atomic mass is 10.2. The van der Waals surface area contributed by atoms with Gasteiger partial charge in [-0.2, -0.15) is 0 Å². The maximum absolute atomic E-state index is 12.5. The molecule has 34 heavy (non-hydrogen) atoms. The van der Waals surface area contributed by atoms with E-state index in [0.717, 1.165) is 11.4 Å². The third kappa shape index (κ3) is 5.41. The maximum atomic E-state index is 12.5. The summed E-state index contributed by atoms with van der Waals surface area (Å²) in [6, 6.07) is 19.5. The van der Waals surface area contributed by atoms with Crippen LogP contribution in [0.2, 0.25) is 0 Å². The highest BCUT2D eigenvalue weighted by molar-refractivity contribution is 7.99. The summed E-state index contributed by atoms with van der Waals surface area (Å²) in [6.07, 6.45) is 1.69. The monoisotopic (exact) mass is 474 g/mol. The lowest BCUT2D eigenvalue weighted by Crippen LogP contribution is -2.15. The largest absolute Gasteiger partial charge is 0.494 e. The Morgan fingerprint density at radius 3 is 2.44 bits per heavy atom. The molecular weight excluding hydrogens is 452 g/mol. The minimum absolute atomic E-state index is 0.106. The number of thioether (sulfide) groups is 1. The van der Waals surface area contributed by atoms with Crippen molar-refractivity contribution < 1.29 is 14.3 Å². The highest BCUT2D eigenvalue weighted by Gasteiger charge is 2.18. The van der Waals surface area contributed by atoms with E-state index < -0.39 is 5.91 Å². The van der Waals surface area contributed by atoms with Crippen LogP contribution in [-0.2, 0) is 4.79 Å². The van der Waals surface area contributed by atoms with Gasteiger partial charge in [0.1, 0.15) is 11.4 Å². The van der Waals surface area contributed by atoms with Crippen molar-refractivity contribution in [3.8, 4) is 23.0 Å². The molecule has 9 nitrogen and oxygen atoms in total. The van der Waals surface area contributed by atoms with Crippen LogP contribution in [0.4, 0.5) is 5.69 Å². The zero-order chi connectivity index (χ0) is 23.9. The number of benzene rings is 2. The zero-order valence-corrected chi connectivity index (χ0v) is 19.2. The number of ether oxygens (including phenoxy) is 1. The van der Waals surface area contributed by atoms with Gasteiger partial charge < -0.3 is 15.8 Å². The number of pyridine rings is 1. The smallest absolute Gasteiger partial charge is 0.248 e. The Morgan fingerprint density at radius 2 is 1.79 bits per heavy atom. The number of carbonyl (C=O) groups excluding carboxylic acids is 2. The van der Waals surface area contributed by atoms with Crippen molar-refractivity contribution in [3.63, 3.8) is 0 Å². The summed E-state index contributed by atoms with van der Waals surface area (Å²) >= 11 is 1.25. The molecule has 4 rings (SSSR count). The van der Waals surface area contributed by atoms with Crippen molar-refractivity contribution in [2.75, 3.05) is 17.7 Å². The molecule has 2 heterocycles.